The highest BCUT2D eigenvalue weighted by Crippen LogP contribution is 2.23. The number of carbonyl (C=O) groups excluding carboxylic acids is 1. The standard InChI is InChI=1S/C17H20N2O2S/c1-12-11-19(8-9-21-12)17(20)16-13(2)18-15(22-16)10-14-6-4-3-5-7-14/h3-7,12H,8-11H2,1-2H3/t12-/m1/s1. The van der Waals surface area contributed by atoms with Gasteiger partial charge in [-0.25, -0.2) is 4.98 Å². The van der Waals surface area contributed by atoms with E-state index >= 15 is 0 Å². The van der Waals surface area contributed by atoms with E-state index in [0.29, 0.717) is 19.7 Å². The van der Waals surface area contributed by atoms with Crippen molar-refractivity contribution in [1.82, 2.24) is 9.88 Å². The Hall–Kier alpha value is -1.72. The molecule has 1 aromatic heterocycles. The van der Waals surface area contributed by atoms with Crippen LogP contribution in [0.3, 0.4) is 0 Å². The fourth-order valence-corrected chi connectivity index (χ4v) is 3.71. The van der Waals surface area contributed by atoms with Crippen LogP contribution in [0, 0.1) is 6.92 Å². The Kier molecular flexibility index (Phi) is 4.55. The quantitative estimate of drug-likeness (QED) is 0.874. The first-order valence-electron chi connectivity index (χ1n) is 7.54. The van der Waals surface area contributed by atoms with Crippen molar-refractivity contribution < 1.29 is 9.53 Å². The summed E-state index contributed by atoms with van der Waals surface area (Å²) in [6.45, 7) is 5.85. The Morgan fingerprint density at radius 1 is 1.41 bits per heavy atom. The predicted molar refractivity (Wildman–Crippen MR) is 87.4 cm³/mol. The number of aryl methyl sites for hydroxylation is 1. The van der Waals surface area contributed by atoms with E-state index < -0.39 is 0 Å². The number of hydrogen-bond donors (Lipinski definition) is 0. The molecule has 1 fully saturated rings. The van der Waals surface area contributed by atoms with E-state index in [-0.39, 0.29) is 12.0 Å². The minimum Gasteiger partial charge on any atom is -0.375 e. The van der Waals surface area contributed by atoms with Gasteiger partial charge in [-0.15, -0.1) is 11.3 Å². The topological polar surface area (TPSA) is 42.4 Å². The smallest absolute Gasteiger partial charge is 0.266 e. The van der Waals surface area contributed by atoms with Gasteiger partial charge in [0.05, 0.1) is 23.4 Å². The molecule has 0 saturated carbocycles. The molecule has 0 bridgehead atoms. The number of hydrogen-bond acceptors (Lipinski definition) is 4. The molecular formula is C17H20N2O2S. The summed E-state index contributed by atoms with van der Waals surface area (Å²) in [5.74, 6) is 0.0875. The monoisotopic (exact) mass is 316 g/mol. The summed E-state index contributed by atoms with van der Waals surface area (Å²) in [5, 5.41) is 0.994. The first-order chi connectivity index (χ1) is 10.6. The Balaban J connectivity index is 1.75. The van der Waals surface area contributed by atoms with E-state index in [1.165, 1.54) is 16.9 Å². The largest absolute Gasteiger partial charge is 0.375 e. The first kappa shape index (κ1) is 15.2. The second-order valence-corrected chi connectivity index (χ2v) is 6.70. The average molecular weight is 316 g/mol. The molecule has 1 atom stereocenters. The van der Waals surface area contributed by atoms with Crippen LogP contribution in [-0.4, -0.2) is 41.6 Å². The molecule has 3 rings (SSSR count). The lowest BCUT2D eigenvalue weighted by Gasteiger charge is -2.30. The second kappa shape index (κ2) is 6.58. The molecule has 2 aromatic rings. The van der Waals surface area contributed by atoms with Gasteiger partial charge < -0.3 is 9.64 Å². The van der Waals surface area contributed by atoms with Gasteiger partial charge in [-0.2, -0.15) is 0 Å². The number of morpholine rings is 1. The lowest BCUT2D eigenvalue weighted by molar-refractivity contribution is -0.0122. The first-order valence-corrected chi connectivity index (χ1v) is 8.36. The third-order valence-electron chi connectivity index (χ3n) is 3.76. The van der Waals surface area contributed by atoms with Crippen LogP contribution in [0.4, 0.5) is 0 Å². The number of amides is 1. The molecule has 116 valence electrons. The van der Waals surface area contributed by atoms with Crippen LogP contribution in [0.5, 0.6) is 0 Å². The van der Waals surface area contributed by atoms with Crippen LogP contribution in [0.25, 0.3) is 0 Å². The summed E-state index contributed by atoms with van der Waals surface area (Å²) >= 11 is 1.51. The van der Waals surface area contributed by atoms with Crippen LogP contribution in [-0.2, 0) is 11.2 Å². The van der Waals surface area contributed by atoms with Crippen molar-refractivity contribution in [2.45, 2.75) is 26.4 Å². The molecule has 0 aliphatic carbocycles. The minimum atomic E-state index is 0.0875. The maximum Gasteiger partial charge on any atom is 0.266 e. The highest BCUT2D eigenvalue weighted by molar-refractivity contribution is 7.13. The van der Waals surface area contributed by atoms with Crippen molar-refractivity contribution in [2.24, 2.45) is 0 Å². The molecule has 1 aromatic carbocycles. The number of carbonyl (C=O) groups is 1. The third-order valence-corrected chi connectivity index (χ3v) is 4.91. The van der Waals surface area contributed by atoms with Crippen molar-refractivity contribution in [1.29, 1.82) is 0 Å². The van der Waals surface area contributed by atoms with E-state index in [9.17, 15) is 4.79 Å². The van der Waals surface area contributed by atoms with E-state index in [4.69, 9.17) is 4.74 Å². The van der Waals surface area contributed by atoms with Gasteiger partial charge in [0.25, 0.3) is 5.91 Å². The van der Waals surface area contributed by atoms with Crippen molar-refractivity contribution >= 4 is 17.2 Å². The van der Waals surface area contributed by atoms with Crippen LogP contribution in [0.1, 0.15) is 32.9 Å². The van der Waals surface area contributed by atoms with Crippen molar-refractivity contribution in [3.63, 3.8) is 0 Å². The fraction of sp³-hybridized carbons (Fsp3) is 0.412. The molecule has 1 aliphatic rings. The molecule has 2 heterocycles. The van der Waals surface area contributed by atoms with Crippen molar-refractivity contribution in [2.75, 3.05) is 19.7 Å². The van der Waals surface area contributed by atoms with Gasteiger partial charge in [-0.3, -0.25) is 4.79 Å². The Morgan fingerprint density at radius 2 is 2.18 bits per heavy atom. The number of aromatic nitrogens is 1. The van der Waals surface area contributed by atoms with Crippen LogP contribution in [0.2, 0.25) is 0 Å². The zero-order valence-corrected chi connectivity index (χ0v) is 13.7. The second-order valence-electron chi connectivity index (χ2n) is 5.62. The number of benzene rings is 1. The normalized spacial score (nSPS) is 18.5. The summed E-state index contributed by atoms with van der Waals surface area (Å²) in [6.07, 6.45) is 0.883. The average Bonchev–Trinajstić information content (AvgIpc) is 2.88. The van der Waals surface area contributed by atoms with Gasteiger partial charge in [0, 0.05) is 19.5 Å². The highest BCUT2D eigenvalue weighted by atomic mass is 32.1. The zero-order chi connectivity index (χ0) is 15.5. The summed E-state index contributed by atoms with van der Waals surface area (Å²) in [6, 6.07) is 10.2. The Bertz CT molecular complexity index is 654. The van der Waals surface area contributed by atoms with Crippen molar-refractivity contribution in [3.05, 3.63) is 51.5 Å². The van der Waals surface area contributed by atoms with Gasteiger partial charge in [0.2, 0.25) is 0 Å². The number of rotatable bonds is 3. The molecule has 1 aliphatic heterocycles. The number of thiazole rings is 1. The minimum absolute atomic E-state index is 0.0875. The molecule has 0 spiro atoms. The molecule has 1 saturated heterocycles. The molecule has 0 N–H and O–H groups in total. The van der Waals surface area contributed by atoms with Crippen LogP contribution >= 0.6 is 11.3 Å². The Labute approximate surface area is 134 Å². The summed E-state index contributed by atoms with van der Waals surface area (Å²) in [5.41, 5.74) is 2.05. The summed E-state index contributed by atoms with van der Waals surface area (Å²) in [4.78, 5) is 19.9. The molecule has 0 radical (unpaired) electrons. The molecule has 0 unspecified atom stereocenters. The molecule has 5 heteroatoms. The number of nitrogens with zero attached hydrogens (tertiary/aromatic N) is 2. The molecule has 22 heavy (non-hydrogen) atoms. The fourth-order valence-electron chi connectivity index (χ4n) is 2.64. The van der Waals surface area contributed by atoms with E-state index in [1.807, 2.05) is 36.9 Å². The van der Waals surface area contributed by atoms with Crippen molar-refractivity contribution in [3.8, 4) is 0 Å². The lowest BCUT2D eigenvalue weighted by atomic mass is 10.2. The SMILES string of the molecule is Cc1nc(Cc2ccccc2)sc1C(=O)N1CCO[C@H](C)C1. The van der Waals surface area contributed by atoms with Gasteiger partial charge in [-0.1, -0.05) is 30.3 Å². The van der Waals surface area contributed by atoms with E-state index in [2.05, 4.69) is 17.1 Å². The lowest BCUT2D eigenvalue weighted by Crippen LogP contribution is -2.44. The Morgan fingerprint density at radius 3 is 2.91 bits per heavy atom. The molecule has 4 nitrogen and oxygen atoms in total. The van der Waals surface area contributed by atoms with Gasteiger partial charge >= 0.3 is 0 Å². The third kappa shape index (κ3) is 3.36. The maximum absolute atomic E-state index is 12.7. The van der Waals surface area contributed by atoms with E-state index in [0.717, 1.165) is 22.0 Å². The van der Waals surface area contributed by atoms with Crippen LogP contribution < -0.4 is 0 Å². The van der Waals surface area contributed by atoms with Gasteiger partial charge in [-0.05, 0) is 19.4 Å². The predicted octanol–water partition coefficient (Wildman–Crippen LogP) is 2.90. The van der Waals surface area contributed by atoms with Gasteiger partial charge in [0.15, 0.2) is 0 Å². The summed E-state index contributed by atoms with van der Waals surface area (Å²) < 4.78 is 5.50. The molecular weight excluding hydrogens is 296 g/mol. The maximum atomic E-state index is 12.7. The molecule has 1 amide bonds. The highest BCUT2D eigenvalue weighted by Gasteiger charge is 2.25. The van der Waals surface area contributed by atoms with Gasteiger partial charge in [0.1, 0.15) is 4.88 Å². The number of ether oxygens (including phenoxy) is 1. The summed E-state index contributed by atoms with van der Waals surface area (Å²) in [7, 11) is 0. The zero-order valence-electron chi connectivity index (χ0n) is 12.9. The van der Waals surface area contributed by atoms with E-state index in [1.54, 1.807) is 0 Å². The van der Waals surface area contributed by atoms with Crippen LogP contribution in [0.15, 0.2) is 30.3 Å².